The third-order valence-electron chi connectivity index (χ3n) is 11.5. The Morgan fingerprint density at radius 1 is 0.544 bits per heavy atom. The van der Waals surface area contributed by atoms with Crippen molar-refractivity contribution in [2.45, 2.75) is 12.3 Å². The lowest BCUT2D eigenvalue weighted by Crippen LogP contribution is -2.44. The van der Waals surface area contributed by atoms with Crippen LogP contribution in [0.25, 0.3) is 80.7 Å². The summed E-state index contributed by atoms with van der Waals surface area (Å²) < 4.78 is 11.7. The van der Waals surface area contributed by atoms with E-state index in [1.807, 2.05) is 17.4 Å². The minimum Gasteiger partial charge on any atom is -0.455 e. The van der Waals surface area contributed by atoms with Crippen molar-refractivity contribution in [2.75, 3.05) is 0 Å². The van der Waals surface area contributed by atoms with Crippen LogP contribution in [-0.2, 0) is 0 Å². The quantitative estimate of drug-likeness (QED) is 0.184. The van der Waals surface area contributed by atoms with Crippen LogP contribution in [0.5, 0.6) is 0 Å². The molecular formula is C51H34N4OS. The highest BCUT2D eigenvalue weighted by Gasteiger charge is 2.28. The van der Waals surface area contributed by atoms with Crippen molar-refractivity contribution in [1.29, 1.82) is 0 Å². The molecule has 2 unspecified atom stereocenters. The van der Waals surface area contributed by atoms with Crippen LogP contribution in [0.1, 0.15) is 29.0 Å². The number of aliphatic imine (C=N–C) groups is 1. The summed E-state index contributed by atoms with van der Waals surface area (Å²) in [7, 11) is 0. The van der Waals surface area contributed by atoms with E-state index in [1.165, 1.54) is 42.0 Å². The molecule has 1 aliphatic rings. The molecule has 0 spiro atoms. The van der Waals surface area contributed by atoms with Gasteiger partial charge < -0.3 is 14.3 Å². The third kappa shape index (κ3) is 5.08. The highest BCUT2D eigenvalue weighted by atomic mass is 32.1. The summed E-state index contributed by atoms with van der Waals surface area (Å²) in [6.07, 6.45) is -0.382. The Balaban J connectivity index is 1.03. The van der Waals surface area contributed by atoms with E-state index in [2.05, 4.69) is 191 Å². The third-order valence-corrected chi connectivity index (χ3v) is 12.6. The van der Waals surface area contributed by atoms with Crippen molar-refractivity contribution < 1.29 is 4.42 Å². The molecule has 5 nitrogen and oxygen atoms in total. The van der Waals surface area contributed by atoms with Gasteiger partial charge in [0, 0.05) is 53.0 Å². The van der Waals surface area contributed by atoms with Crippen molar-refractivity contribution in [3.05, 3.63) is 199 Å². The number of hydrogen-bond donors (Lipinski definition) is 2. The van der Waals surface area contributed by atoms with Crippen molar-refractivity contribution in [3.63, 3.8) is 0 Å². The van der Waals surface area contributed by atoms with Crippen LogP contribution in [0.4, 0.5) is 0 Å². The minimum absolute atomic E-state index is 0.113. The number of nitrogens with zero attached hydrogens (tertiary/aromatic N) is 2. The van der Waals surface area contributed by atoms with Crippen molar-refractivity contribution >= 4 is 81.1 Å². The summed E-state index contributed by atoms with van der Waals surface area (Å²) in [4.78, 5) is 5.33. The molecule has 3 aromatic heterocycles. The molecule has 0 radical (unpaired) electrons. The zero-order valence-electron chi connectivity index (χ0n) is 30.7. The first-order valence-electron chi connectivity index (χ1n) is 19.4. The lowest BCUT2D eigenvalue weighted by atomic mass is 9.98. The molecule has 0 fully saturated rings. The van der Waals surface area contributed by atoms with Gasteiger partial charge in [-0.05, 0) is 53.6 Å². The fraction of sp³-hybridized carbons (Fsp3) is 0.0392. The zero-order valence-corrected chi connectivity index (χ0v) is 31.5. The fourth-order valence-electron chi connectivity index (χ4n) is 8.95. The lowest BCUT2D eigenvalue weighted by molar-refractivity contribution is 0.410. The van der Waals surface area contributed by atoms with Crippen LogP contribution in [0, 0.1) is 0 Å². The van der Waals surface area contributed by atoms with Crippen LogP contribution in [0.15, 0.2) is 191 Å². The number of para-hydroxylation sites is 3. The van der Waals surface area contributed by atoms with Crippen LogP contribution in [-0.4, -0.2) is 10.4 Å². The Morgan fingerprint density at radius 3 is 2.05 bits per heavy atom. The predicted molar refractivity (Wildman–Crippen MR) is 238 cm³/mol. The Hall–Kier alpha value is -6.99. The van der Waals surface area contributed by atoms with Crippen LogP contribution < -0.4 is 10.6 Å². The van der Waals surface area contributed by atoms with E-state index in [9.17, 15) is 0 Å². The van der Waals surface area contributed by atoms with Crippen molar-refractivity contribution in [3.8, 4) is 16.8 Å². The Morgan fingerprint density at radius 2 is 1.25 bits per heavy atom. The summed E-state index contributed by atoms with van der Waals surface area (Å²) >= 11 is 1.83. The van der Waals surface area contributed by atoms with E-state index in [1.54, 1.807) is 0 Å². The number of amidine groups is 1. The maximum absolute atomic E-state index is 6.86. The topological polar surface area (TPSA) is 54.5 Å². The maximum atomic E-state index is 6.86. The van der Waals surface area contributed by atoms with Crippen molar-refractivity contribution in [2.24, 2.45) is 4.99 Å². The number of benzene rings is 8. The van der Waals surface area contributed by atoms with E-state index in [-0.39, 0.29) is 12.3 Å². The molecule has 12 rings (SSSR count). The highest BCUT2D eigenvalue weighted by molar-refractivity contribution is 7.25. The summed E-state index contributed by atoms with van der Waals surface area (Å²) in [5.74, 6) is 0.877. The van der Waals surface area contributed by atoms with Gasteiger partial charge in [0.05, 0.1) is 22.1 Å². The second kappa shape index (κ2) is 12.8. The number of furan rings is 1. The molecule has 6 heteroatoms. The van der Waals surface area contributed by atoms with Gasteiger partial charge in [0.25, 0.3) is 0 Å². The average Bonchev–Trinajstić information content (AvgIpc) is 3.96. The minimum atomic E-state index is -0.269. The molecule has 0 saturated carbocycles. The van der Waals surface area contributed by atoms with Crippen LogP contribution in [0.2, 0.25) is 0 Å². The Kier molecular flexibility index (Phi) is 7.24. The number of fused-ring (bicyclic) bond motifs is 9. The number of aromatic nitrogens is 1. The second-order valence-electron chi connectivity index (χ2n) is 14.7. The standard InChI is InChI=1S/C51H34N4OS/c1-3-14-31(15-4-1)49-52-50(32-16-5-2-6-17-32)54-51(53-49)38-22-12-27-45-46(38)39-30-33(28-29-44(39)57-45)34-20-11-21-37-47-42(25-13-26-43(47)56-48(34)37)55-40-23-9-7-18-35(40)36-19-8-10-24-41(36)55/h1-30,49,51,53H,(H,52,54). The van der Waals surface area contributed by atoms with Gasteiger partial charge >= 0.3 is 0 Å². The molecule has 2 atom stereocenters. The molecule has 4 heterocycles. The van der Waals surface area contributed by atoms with Gasteiger partial charge in [-0.1, -0.05) is 140 Å². The normalized spacial score (nSPS) is 15.9. The van der Waals surface area contributed by atoms with E-state index < -0.39 is 0 Å². The smallest absolute Gasteiger partial charge is 0.143 e. The molecule has 270 valence electrons. The van der Waals surface area contributed by atoms with Gasteiger partial charge in [0.2, 0.25) is 0 Å². The Labute approximate surface area is 332 Å². The van der Waals surface area contributed by atoms with Crippen molar-refractivity contribution in [1.82, 2.24) is 15.2 Å². The van der Waals surface area contributed by atoms with Gasteiger partial charge in [-0.2, -0.15) is 0 Å². The first kappa shape index (κ1) is 32.3. The highest BCUT2D eigenvalue weighted by Crippen LogP contribution is 2.44. The zero-order chi connectivity index (χ0) is 37.5. The number of hydrogen-bond acceptors (Lipinski definition) is 5. The molecule has 0 bridgehead atoms. The second-order valence-corrected chi connectivity index (χ2v) is 15.8. The van der Waals surface area contributed by atoms with Gasteiger partial charge in [0.15, 0.2) is 0 Å². The largest absolute Gasteiger partial charge is 0.455 e. The molecule has 57 heavy (non-hydrogen) atoms. The Bertz CT molecular complexity index is 3320. The van der Waals surface area contributed by atoms with E-state index in [0.29, 0.717) is 0 Å². The van der Waals surface area contributed by atoms with Crippen LogP contribution in [0.3, 0.4) is 0 Å². The number of nitrogens with one attached hydrogen (secondary N) is 2. The summed E-state index contributed by atoms with van der Waals surface area (Å²) in [5.41, 5.74) is 10.8. The summed E-state index contributed by atoms with van der Waals surface area (Å²) in [6.45, 7) is 0. The molecule has 0 amide bonds. The maximum Gasteiger partial charge on any atom is 0.143 e. The van der Waals surface area contributed by atoms with Gasteiger partial charge in [0.1, 0.15) is 29.3 Å². The fourth-order valence-corrected chi connectivity index (χ4v) is 10.1. The molecule has 0 saturated heterocycles. The van der Waals surface area contributed by atoms with Gasteiger partial charge in [-0.25, -0.2) is 4.99 Å². The van der Waals surface area contributed by atoms with Crippen LogP contribution >= 0.6 is 11.3 Å². The lowest BCUT2D eigenvalue weighted by Gasteiger charge is -2.32. The van der Waals surface area contributed by atoms with E-state index in [0.717, 1.165) is 61.3 Å². The summed E-state index contributed by atoms with van der Waals surface area (Å²) in [6, 6.07) is 64.8. The molecule has 2 N–H and O–H groups in total. The molecule has 8 aromatic carbocycles. The van der Waals surface area contributed by atoms with E-state index >= 15 is 0 Å². The monoisotopic (exact) mass is 750 g/mol. The first-order chi connectivity index (χ1) is 28.3. The average molecular weight is 751 g/mol. The number of rotatable bonds is 5. The van der Waals surface area contributed by atoms with Gasteiger partial charge in [-0.3, -0.25) is 5.32 Å². The predicted octanol–water partition coefficient (Wildman–Crippen LogP) is 13.1. The number of thiophene rings is 1. The molecule has 0 aliphatic carbocycles. The SMILES string of the molecule is c1ccc(C2=NC(c3cccc4sc5ccc(-c6cccc7c6oc6cccc(-n8c9ccccc9c9ccccc98)c67)cc5c34)NC(c3ccccc3)N2)cc1. The van der Waals surface area contributed by atoms with Gasteiger partial charge in [-0.15, -0.1) is 11.3 Å². The summed E-state index contributed by atoms with van der Waals surface area (Å²) in [5, 5.41) is 14.7. The first-order valence-corrected chi connectivity index (χ1v) is 20.2. The molecule has 11 aromatic rings. The molecule has 1 aliphatic heterocycles. The van der Waals surface area contributed by atoms with E-state index in [4.69, 9.17) is 9.41 Å². The molecular weight excluding hydrogens is 717 g/mol.